The fourth-order valence-electron chi connectivity index (χ4n) is 2.78. The van der Waals surface area contributed by atoms with Gasteiger partial charge in [-0.3, -0.25) is 4.99 Å². The third kappa shape index (κ3) is 3.17. The van der Waals surface area contributed by atoms with Gasteiger partial charge in [0.25, 0.3) is 0 Å². The van der Waals surface area contributed by atoms with E-state index in [1.165, 1.54) is 10.8 Å². The summed E-state index contributed by atoms with van der Waals surface area (Å²) in [6.07, 6.45) is 5.11. The minimum Gasteiger partial charge on any atom is -0.463 e. The number of benzene rings is 2. The van der Waals surface area contributed by atoms with Crippen molar-refractivity contribution in [2.75, 3.05) is 6.54 Å². The zero-order chi connectivity index (χ0) is 17.8. The number of fused-ring (bicyclic) bond motifs is 1. The normalized spacial score (nSPS) is 12.2. The molecule has 0 spiro atoms. The van der Waals surface area contributed by atoms with Crippen molar-refractivity contribution in [1.82, 2.24) is 4.68 Å². The predicted octanol–water partition coefficient (Wildman–Crippen LogP) is 4.93. The van der Waals surface area contributed by atoms with Crippen LogP contribution in [0.5, 0.6) is 0 Å². The van der Waals surface area contributed by atoms with Gasteiger partial charge in [0.1, 0.15) is 5.76 Å². The van der Waals surface area contributed by atoms with Crippen LogP contribution < -0.4 is 4.80 Å². The van der Waals surface area contributed by atoms with E-state index in [1.807, 2.05) is 22.9 Å². The third-order valence-corrected chi connectivity index (χ3v) is 4.80. The second-order valence-corrected chi connectivity index (χ2v) is 6.47. The van der Waals surface area contributed by atoms with Gasteiger partial charge < -0.3 is 4.42 Å². The standard InChI is InChI=1S/C21H17N3OS/c1-2-12-22-21-24(23-14-17-9-6-13-25-17)20(15-26-21)19-11-5-8-16-7-3-4-10-18(16)19/h2-11,13-15H,1,12H2. The molecule has 0 unspecified atom stereocenters. The number of aromatic nitrogens is 1. The van der Waals surface area contributed by atoms with Crippen LogP contribution in [0.2, 0.25) is 0 Å². The molecule has 0 fully saturated rings. The summed E-state index contributed by atoms with van der Waals surface area (Å²) in [7, 11) is 0. The zero-order valence-corrected chi connectivity index (χ0v) is 14.9. The van der Waals surface area contributed by atoms with Gasteiger partial charge in [-0.15, -0.1) is 17.9 Å². The van der Waals surface area contributed by atoms with E-state index in [4.69, 9.17) is 4.42 Å². The quantitative estimate of drug-likeness (QED) is 0.368. The number of hydrogen-bond donors (Lipinski definition) is 0. The Kier molecular flexibility index (Phi) is 4.62. The summed E-state index contributed by atoms with van der Waals surface area (Å²) in [6.45, 7) is 4.29. The van der Waals surface area contributed by atoms with Crippen molar-refractivity contribution in [3.8, 4) is 11.3 Å². The SMILES string of the molecule is C=CCN=c1scc(-c2cccc3ccccc23)n1N=Cc1ccco1. The van der Waals surface area contributed by atoms with Gasteiger partial charge in [-0.2, -0.15) is 5.10 Å². The lowest BCUT2D eigenvalue weighted by atomic mass is 10.0. The van der Waals surface area contributed by atoms with E-state index in [1.54, 1.807) is 29.9 Å². The van der Waals surface area contributed by atoms with Crippen LogP contribution in [0.25, 0.3) is 22.0 Å². The van der Waals surface area contributed by atoms with Crippen LogP contribution in [0.3, 0.4) is 0 Å². The lowest BCUT2D eigenvalue weighted by molar-refractivity contribution is 0.559. The molecule has 0 saturated heterocycles. The average Bonchev–Trinajstić information content (AvgIpc) is 3.34. The first-order chi connectivity index (χ1) is 12.9. The molecule has 2 aromatic heterocycles. The van der Waals surface area contributed by atoms with Crippen molar-refractivity contribution in [3.63, 3.8) is 0 Å². The van der Waals surface area contributed by atoms with E-state index < -0.39 is 0 Å². The number of hydrogen-bond acceptors (Lipinski definition) is 4. The molecular formula is C21H17N3OS. The van der Waals surface area contributed by atoms with E-state index in [9.17, 15) is 0 Å². The second kappa shape index (κ2) is 7.37. The van der Waals surface area contributed by atoms with E-state index in [2.05, 4.69) is 58.5 Å². The molecule has 26 heavy (non-hydrogen) atoms. The van der Waals surface area contributed by atoms with Crippen molar-refractivity contribution in [3.05, 3.63) is 89.5 Å². The Morgan fingerprint density at radius 2 is 1.96 bits per heavy atom. The van der Waals surface area contributed by atoms with Gasteiger partial charge >= 0.3 is 0 Å². The molecule has 0 saturated carbocycles. The maximum Gasteiger partial charge on any atom is 0.206 e. The fourth-order valence-corrected chi connectivity index (χ4v) is 3.61. The van der Waals surface area contributed by atoms with Crippen LogP contribution >= 0.6 is 11.3 Å². The van der Waals surface area contributed by atoms with Gasteiger partial charge in [0.15, 0.2) is 0 Å². The van der Waals surface area contributed by atoms with Crippen molar-refractivity contribution < 1.29 is 4.42 Å². The Labute approximate surface area is 155 Å². The summed E-state index contributed by atoms with van der Waals surface area (Å²) in [5, 5.41) is 9.09. The molecule has 4 aromatic rings. The molecule has 0 bridgehead atoms. The lowest BCUT2D eigenvalue weighted by Crippen LogP contribution is -2.12. The summed E-state index contributed by atoms with van der Waals surface area (Å²) in [5.41, 5.74) is 2.12. The highest BCUT2D eigenvalue weighted by Gasteiger charge is 2.10. The summed E-state index contributed by atoms with van der Waals surface area (Å²) in [5.74, 6) is 0.697. The van der Waals surface area contributed by atoms with Crippen LogP contribution in [-0.2, 0) is 0 Å². The highest BCUT2D eigenvalue weighted by Crippen LogP contribution is 2.28. The molecule has 5 heteroatoms. The van der Waals surface area contributed by atoms with E-state index >= 15 is 0 Å². The second-order valence-electron chi connectivity index (χ2n) is 5.63. The fraction of sp³-hybridized carbons (Fsp3) is 0.0476. The number of furan rings is 1. The zero-order valence-electron chi connectivity index (χ0n) is 14.1. The van der Waals surface area contributed by atoms with Gasteiger partial charge in [0.05, 0.1) is 24.7 Å². The highest BCUT2D eigenvalue weighted by atomic mass is 32.1. The monoisotopic (exact) mass is 359 g/mol. The van der Waals surface area contributed by atoms with Crippen LogP contribution in [0.15, 0.2) is 93.4 Å². The van der Waals surface area contributed by atoms with Crippen molar-refractivity contribution in [2.45, 2.75) is 0 Å². The summed E-state index contributed by atoms with van der Waals surface area (Å²) >= 11 is 1.56. The number of rotatable bonds is 5. The Balaban J connectivity index is 1.91. The molecule has 128 valence electrons. The largest absolute Gasteiger partial charge is 0.463 e. The predicted molar refractivity (Wildman–Crippen MR) is 108 cm³/mol. The summed E-state index contributed by atoms with van der Waals surface area (Å²) < 4.78 is 7.22. The van der Waals surface area contributed by atoms with Crippen molar-refractivity contribution in [2.24, 2.45) is 10.1 Å². The van der Waals surface area contributed by atoms with Gasteiger partial charge in [-0.05, 0) is 22.9 Å². The molecule has 0 aliphatic carbocycles. The Bertz CT molecular complexity index is 1130. The number of thiazole rings is 1. The molecule has 0 atom stereocenters. The Morgan fingerprint density at radius 1 is 1.08 bits per heavy atom. The van der Waals surface area contributed by atoms with Crippen molar-refractivity contribution in [1.29, 1.82) is 0 Å². The van der Waals surface area contributed by atoms with Gasteiger partial charge in [-0.1, -0.05) is 48.5 Å². The topological polar surface area (TPSA) is 42.8 Å². The molecule has 4 rings (SSSR count). The van der Waals surface area contributed by atoms with Gasteiger partial charge in [-0.25, -0.2) is 4.68 Å². The molecule has 0 aliphatic heterocycles. The maximum absolute atomic E-state index is 5.36. The lowest BCUT2D eigenvalue weighted by Gasteiger charge is -2.07. The smallest absolute Gasteiger partial charge is 0.206 e. The molecule has 0 radical (unpaired) electrons. The molecular weight excluding hydrogens is 342 g/mol. The average molecular weight is 359 g/mol. The Morgan fingerprint density at radius 3 is 2.81 bits per heavy atom. The first kappa shape index (κ1) is 16.3. The van der Waals surface area contributed by atoms with E-state index in [0.29, 0.717) is 12.3 Å². The molecule has 2 aromatic carbocycles. The van der Waals surface area contributed by atoms with Gasteiger partial charge in [0, 0.05) is 10.9 Å². The summed E-state index contributed by atoms with van der Waals surface area (Å²) in [4.78, 5) is 5.39. The van der Waals surface area contributed by atoms with E-state index in [0.717, 1.165) is 16.1 Å². The van der Waals surface area contributed by atoms with Crippen LogP contribution in [-0.4, -0.2) is 17.4 Å². The molecule has 2 heterocycles. The third-order valence-electron chi connectivity index (χ3n) is 3.95. The first-order valence-electron chi connectivity index (χ1n) is 8.25. The van der Waals surface area contributed by atoms with Crippen LogP contribution in [0.1, 0.15) is 5.76 Å². The van der Waals surface area contributed by atoms with Crippen molar-refractivity contribution >= 4 is 28.3 Å². The molecule has 0 amide bonds. The van der Waals surface area contributed by atoms with Gasteiger partial charge in [0.2, 0.25) is 4.80 Å². The van der Waals surface area contributed by atoms with Crippen LogP contribution in [0, 0.1) is 0 Å². The minimum atomic E-state index is 0.547. The molecule has 0 N–H and O–H groups in total. The highest BCUT2D eigenvalue weighted by molar-refractivity contribution is 7.07. The van der Waals surface area contributed by atoms with Crippen LogP contribution in [0.4, 0.5) is 0 Å². The maximum atomic E-state index is 5.36. The minimum absolute atomic E-state index is 0.547. The molecule has 0 aliphatic rings. The number of nitrogens with zero attached hydrogens (tertiary/aromatic N) is 3. The van der Waals surface area contributed by atoms with E-state index in [-0.39, 0.29) is 0 Å². The molecule has 4 nitrogen and oxygen atoms in total. The summed E-state index contributed by atoms with van der Waals surface area (Å²) in [6, 6.07) is 18.4. The first-order valence-corrected chi connectivity index (χ1v) is 9.13. The Hall–Kier alpha value is -3.18.